The average molecular weight is 1660 g/mol. The summed E-state index contributed by atoms with van der Waals surface area (Å²) in [6, 6.07) is 0. The second-order valence-corrected chi connectivity index (χ2v) is 34.2. The zero-order valence-electron chi connectivity index (χ0n) is 71.6. The Hall–Kier alpha value is -3.05. The van der Waals surface area contributed by atoms with Gasteiger partial charge in [0.15, 0.2) is 24.8 Å². The molecule has 1 aliphatic carbocycles. The molecule has 10 N–H and O–H groups in total. The molecule has 3 aliphatic rings. The van der Waals surface area contributed by atoms with Gasteiger partial charge in [-0.05, 0) is 77.0 Å². The summed E-state index contributed by atoms with van der Waals surface area (Å²) < 4.78 is 73.3. The number of ether oxygens (including phenoxy) is 8. The number of rotatable bonds is 74. The molecule has 0 radical (unpaired) electrons. The number of hydrogen-bond acceptors (Lipinski definition) is 24. The van der Waals surface area contributed by atoms with Gasteiger partial charge in [-0.15, -0.1) is 0 Å². The fraction of sp³-hybridized carbons (Fsp3) is 0.910. The Morgan fingerprint density at radius 3 is 1.04 bits per heavy atom. The van der Waals surface area contributed by atoms with Crippen molar-refractivity contribution in [2.24, 2.45) is 0 Å². The molecule has 0 aromatic carbocycles. The lowest BCUT2D eigenvalue weighted by atomic mass is 9.84. The van der Waals surface area contributed by atoms with Crippen molar-refractivity contribution >= 4 is 31.7 Å². The molecule has 0 aromatic heterocycles. The molecule has 1 saturated carbocycles. The summed E-state index contributed by atoms with van der Waals surface area (Å²) in [5.74, 6) is -2.97. The van der Waals surface area contributed by atoms with E-state index in [1.54, 1.807) is 0 Å². The number of phosphoric acid groups is 1. The Bertz CT molecular complexity index is 2490. The highest BCUT2D eigenvalue weighted by molar-refractivity contribution is 7.47. The van der Waals surface area contributed by atoms with Crippen LogP contribution in [0.3, 0.4) is 0 Å². The number of allylic oxidation sites excluding steroid dienone is 4. The van der Waals surface area contributed by atoms with Gasteiger partial charge in [0.05, 0.1) is 13.2 Å². The highest BCUT2D eigenvalue weighted by Crippen LogP contribution is 2.49. The number of phosphoric ester groups is 1. The summed E-state index contributed by atoms with van der Waals surface area (Å²) >= 11 is 0. The molecule has 2 heterocycles. The zero-order valence-corrected chi connectivity index (χ0v) is 72.5. The number of aliphatic hydroxyl groups excluding tert-OH is 9. The average Bonchev–Trinajstić information content (AvgIpc) is 0.756. The first kappa shape index (κ1) is 106. The molecule has 0 amide bonds. The Morgan fingerprint density at radius 1 is 0.339 bits per heavy atom. The Labute approximate surface area is 692 Å². The maximum absolute atomic E-state index is 14.9. The summed E-state index contributed by atoms with van der Waals surface area (Å²) in [4.78, 5) is 66.4. The number of aliphatic hydroxyl groups is 9. The molecule has 18 unspecified atom stereocenters. The molecule has 25 nitrogen and oxygen atoms in total. The molecule has 0 spiro atoms. The third-order valence-electron chi connectivity index (χ3n) is 22.4. The largest absolute Gasteiger partial charge is 0.472 e. The Balaban J connectivity index is 1.92. The fourth-order valence-corrected chi connectivity index (χ4v) is 16.0. The van der Waals surface area contributed by atoms with Crippen molar-refractivity contribution in [3.63, 3.8) is 0 Å². The van der Waals surface area contributed by atoms with Crippen molar-refractivity contribution in [1.29, 1.82) is 0 Å². The lowest BCUT2D eigenvalue weighted by Crippen LogP contribution is -2.70. The second-order valence-electron chi connectivity index (χ2n) is 32.8. The number of carbonyl (C=O) groups excluding carboxylic acids is 4. The Morgan fingerprint density at radius 2 is 0.652 bits per heavy atom. The van der Waals surface area contributed by atoms with Crippen molar-refractivity contribution < 1.29 is 122 Å². The van der Waals surface area contributed by atoms with E-state index >= 15 is 0 Å². The summed E-state index contributed by atoms with van der Waals surface area (Å²) in [6.45, 7) is 5.56. The van der Waals surface area contributed by atoms with Crippen molar-refractivity contribution in [3.8, 4) is 0 Å². The van der Waals surface area contributed by atoms with E-state index in [1.807, 2.05) is 0 Å². The number of unbranched alkanes of at least 4 members (excludes halogenated alkanes) is 46. The van der Waals surface area contributed by atoms with Gasteiger partial charge in [0.25, 0.3) is 0 Å². The van der Waals surface area contributed by atoms with Crippen LogP contribution in [0.15, 0.2) is 24.3 Å². The van der Waals surface area contributed by atoms with Crippen molar-refractivity contribution in [1.82, 2.24) is 0 Å². The van der Waals surface area contributed by atoms with Gasteiger partial charge in [-0.2, -0.15) is 0 Å². The lowest BCUT2D eigenvalue weighted by molar-refractivity contribution is -0.360. The maximum atomic E-state index is 14.9. The minimum absolute atomic E-state index is 0.00977. The fourth-order valence-electron chi connectivity index (χ4n) is 15.1. The van der Waals surface area contributed by atoms with Crippen LogP contribution in [-0.4, -0.2) is 205 Å². The summed E-state index contributed by atoms with van der Waals surface area (Å²) in [7, 11) is -5.80. The number of carbonyl (C=O) groups is 4. The van der Waals surface area contributed by atoms with E-state index in [0.29, 0.717) is 38.5 Å². The summed E-state index contributed by atoms with van der Waals surface area (Å²) in [5.41, 5.74) is 0. The zero-order chi connectivity index (χ0) is 84.0. The van der Waals surface area contributed by atoms with E-state index in [4.69, 9.17) is 46.9 Å². The first-order valence-corrected chi connectivity index (χ1v) is 47.6. The molecule has 2 saturated heterocycles. The van der Waals surface area contributed by atoms with Crippen molar-refractivity contribution in [2.45, 2.75) is 491 Å². The molecule has 115 heavy (non-hydrogen) atoms. The first-order chi connectivity index (χ1) is 55.7. The molecule has 26 heteroatoms. The van der Waals surface area contributed by atoms with Gasteiger partial charge in [-0.25, -0.2) is 4.57 Å². The molecular weight excluding hydrogens is 1500 g/mol. The molecular formula is C89H163O25P. The molecule has 3 rings (SSSR count). The minimum atomic E-state index is -5.80. The molecule has 0 bridgehead atoms. The van der Waals surface area contributed by atoms with Crippen LogP contribution >= 0.6 is 7.82 Å². The van der Waals surface area contributed by atoms with Gasteiger partial charge in [-0.1, -0.05) is 309 Å². The van der Waals surface area contributed by atoms with Crippen molar-refractivity contribution in [3.05, 3.63) is 24.3 Å². The summed E-state index contributed by atoms with van der Waals surface area (Å²) in [6.07, 6.45) is 27.5. The van der Waals surface area contributed by atoms with E-state index in [1.165, 1.54) is 135 Å². The summed E-state index contributed by atoms with van der Waals surface area (Å²) in [5, 5.41) is 102. The Kier molecular flexibility index (Phi) is 63.2. The third-order valence-corrected chi connectivity index (χ3v) is 23.4. The molecule has 18 atom stereocenters. The van der Waals surface area contributed by atoms with Crippen LogP contribution in [-0.2, 0) is 70.7 Å². The van der Waals surface area contributed by atoms with E-state index in [2.05, 4.69) is 52.0 Å². The topological polar surface area (TPSA) is 380 Å². The normalized spacial score (nSPS) is 25.3. The van der Waals surface area contributed by atoms with Crippen LogP contribution in [0.5, 0.6) is 0 Å². The van der Waals surface area contributed by atoms with Gasteiger partial charge in [0.2, 0.25) is 0 Å². The molecule has 674 valence electrons. The SMILES string of the molecule is CCCCCC/C=C\CCCCCCCCCC(=O)OCC1OC(OC2C(OC(=O)CCCCCCCCCCCCCCC)C(O)C(O)C(OC3OC(CO)C(O)C(O)C3O)C2OP(=O)(O)OCC(COC(=O)CCCCCCCCCCCCCCC)OC(=O)CCCCCCCCC/C=C\CCCCCC)C(O)C(O)C1O. The van der Waals surface area contributed by atoms with E-state index in [0.717, 1.165) is 161 Å². The smallest absolute Gasteiger partial charge is 0.463 e. The highest BCUT2D eigenvalue weighted by atomic mass is 31.2. The number of hydrogen-bond donors (Lipinski definition) is 10. The van der Waals surface area contributed by atoms with E-state index in [9.17, 15) is 74.6 Å². The first-order valence-electron chi connectivity index (χ1n) is 46.1. The van der Waals surface area contributed by atoms with Crippen molar-refractivity contribution in [2.75, 3.05) is 26.4 Å². The molecule has 3 fully saturated rings. The minimum Gasteiger partial charge on any atom is -0.463 e. The molecule has 2 aliphatic heterocycles. The highest BCUT2D eigenvalue weighted by Gasteiger charge is 2.60. The van der Waals surface area contributed by atoms with Gasteiger partial charge in [0, 0.05) is 25.7 Å². The van der Waals surface area contributed by atoms with Gasteiger partial charge >= 0.3 is 31.7 Å². The maximum Gasteiger partial charge on any atom is 0.472 e. The standard InChI is InChI=1S/C89H163O25P/c1-5-9-13-17-21-25-29-33-35-39-42-46-50-54-58-62-73(92)106-68-71-77(96)79(98)83(102)89(110-71)113-86-84(111-75(94)64-60-56-52-48-43-38-32-28-24-20-16-12-8-4)80(99)81(100)85(112-88-82(101)78(97)76(95)70(65-90)109-88)87(86)114-115(103,104)107-67-69(66-105-72(91)61-57-53-49-45-41-37-31-27-23-19-15-11-7-3)108-74(93)63-59-55-51-47-44-40-36-34-30-26-22-18-14-10-6-2/h25-26,29-30,69-71,76-90,95-102H,5-24,27-28,31-68H2,1-4H3,(H,103,104)/b29-25-,30-26-. The number of esters is 4. The second kappa shape index (κ2) is 68.5. The lowest BCUT2D eigenvalue weighted by Gasteiger charge is -2.50. The third kappa shape index (κ3) is 49.0. The van der Waals surface area contributed by atoms with Crippen LogP contribution in [0.2, 0.25) is 0 Å². The van der Waals surface area contributed by atoms with Gasteiger partial charge < -0.3 is 88.7 Å². The van der Waals surface area contributed by atoms with E-state index in [-0.39, 0.29) is 25.7 Å². The van der Waals surface area contributed by atoms with Crippen LogP contribution < -0.4 is 0 Å². The van der Waals surface area contributed by atoms with Crippen LogP contribution in [0, 0.1) is 0 Å². The quantitative estimate of drug-likeness (QED) is 0.00889. The van der Waals surface area contributed by atoms with Gasteiger partial charge in [-0.3, -0.25) is 28.2 Å². The molecule has 0 aromatic rings. The van der Waals surface area contributed by atoms with Gasteiger partial charge in [0.1, 0.15) is 92.6 Å². The van der Waals surface area contributed by atoms with E-state index < -0.39 is 162 Å². The predicted molar refractivity (Wildman–Crippen MR) is 444 cm³/mol. The monoisotopic (exact) mass is 1660 g/mol. The van der Waals surface area contributed by atoms with Crippen LogP contribution in [0.25, 0.3) is 0 Å². The van der Waals surface area contributed by atoms with Crippen LogP contribution in [0.4, 0.5) is 0 Å². The van der Waals surface area contributed by atoms with Crippen LogP contribution in [0.1, 0.15) is 387 Å². The predicted octanol–water partition coefficient (Wildman–Crippen LogP) is 16.5.